The average molecular weight is 474 g/mol. The van der Waals surface area contributed by atoms with Crippen molar-refractivity contribution in [1.29, 1.82) is 0 Å². The number of carbonyl (C=O) groups is 2. The topological polar surface area (TPSA) is 120 Å². The van der Waals surface area contributed by atoms with Crippen LogP contribution in [0, 0.1) is 10.1 Å². The lowest BCUT2D eigenvalue weighted by Crippen LogP contribution is -2.50. The van der Waals surface area contributed by atoms with Crippen LogP contribution >= 0.6 is 0 Å². The third-order valence-electron chi connectivity index (χ3n) is 5.39. The summed E-state index contributed by atoms with van der Waals surface area (Å²) in [5.41, 5.74) is 0.604. The molecular weight excluding hydrogens is 442 g/mol. The van der Waals surface area contributed by atoms with Gasteiger partial charge in [0.05, 0.1) is 19.1 Å². The van der Waals surface area contributed by atoms with Gasteiger partial charge in [-0.15, -0.1) is 0 Å². The number of hydrogen-bond acceptors (Lipinski definition) is 7. The van der Waals surface area contributed by atoms with Crippen LogP contribution in [0.5, 0.6) is 17.2 Å². The molecule has 2 atom stereocenters. The van der Waals surface area contributed by atoms with Crippen molar-refractivity contribution in [3.8, 4) is 17.2 Å². The maximum absolute atomic E-state index is 13.1. The van der Waals surface area contributed by atoms with Gasteiger partial charge in [0.25, 0.3) is 5.91 Å². The molecule has 34 heavy (non-hydrogen) atoms. The van der Waals surface area contributed by atoms with Gasteiger partial charge in [0.15, 0.2) is 6.61 Å². The highest BCUT2D eigenvalue weighted by Gasteiger charge is 2.27. The van der Waals surface area contributed by atoms with Crippen LogP contribution < -0.4 is 19.5 Å². The van der Waals surface area contributed by atoms with Gasteiger partial charge >= 0.3 is 5.69 Å². The van der Waals surface area contributed by atoms with Crippen molar-refractivity contribution in [2.45, 2.75) is 45.8 Å². The number of nitro benzene ring substituents is 1. The molecule has 10 heteroatoms. The highest BCUT2D eigenvalue weighted by atomic mass is 16.6. The molecule has 0 saturated carbocycles. The second kappa shape index (κ2) is 12.4. The molecule has 10 nitrogen and oxygen atoms in total. The molecule has 1 N–H and O–H groups in total. The first kappa shape index (κ1) is 26.4. The Morgan fingerprint density at radius 1 is 1.06 bits per heavy atom. The second-order valence-electron chi connectivity index (χ2n) is 7.74. The molecular formula is C24H31N3O7. The number of benzene rings is 2. The zero-order valence-electron chi connectivity index (χ0n) is 20.1. The molecule has 0 fully saturated rings. The monoisotopic (exact) mass is 473 g/mol. The van der Waals surface area contributed by atoms with Crippen LogP contribution in [-0.4, -0.2) is 54.5 Å². The predicted octanol–water partition coefficient (Wildman–Crippen LogP) is 3.32. The first-order chi connectivity index (χ1) is 16.2. The number of hydrogen-bond donors (Lipinski definition) is 1. The molecule has 0 radical (unpaired) electrons. The van der Waals surface area contributed by atoms with Gasteiger partial charge in [0.2, 0.25) is 11.7 Å². The van der Waals surface area contributed by atoms with Crippen molar-refractivity contribution >= 4 is 17.5 Å². The van der Waals surface area contributed by atoms with Crippen molar-refractivity contribution in [1.82, 2.24) is 10.2 Å². The summed E-state index contributed by atoms with van der Waals surface area (Å²) in [5, 5.41) is 14.0. The molecule has 0 aliphatic rings. The van der Waals surface area contributed by atoms with E-state index in [2.05, 4.69) is 5.32 Å². The van der Waals surface area contributed by atoms with Crippen LogP contribution in [0.3, 0.4) is 0 Å². The Hall–Kier alpha value is -3.82. The molecule has 2 aromatic carbocycles. The van der Waals surface area contributed by atoms with Crippen LogP contribution in [0.25, 0.3) is 0 Å². The standard InChI is InChI=1S/C24H31N3O7/c1-6-16(2)25-24(29)17(3)26(14-18-7-9-19(32-4)10-8-18)23(28)15-34-20-11-12-21(27(30)31)22(13-20)33-5/h7-13,16-17H,6,14-15H2,1-5H3,(H,25,29). The molecule has 0 bridgehead atoms. The van der Waals surface area contributed by atoms with Crippen molar-refractivity contribution in [2.75, 3.05) is 20.8 Å². The molecule has 0 aliphatic carbocycles. The van der Waals surface area contributed by atoms with Crippen molar-refractivity contribution in [3.63, 3.8) is 0 Å². The minimum atomic E-state index is -0.751. The molecule has 2 rings (SSSR count). The maximum atomic E-state index is 13.1. The zero-order chi connectivity index (χ0) is 25.3. The summed E-state index contributed by atoms with van der Waals surface area (Å²) >= 11 is 0. The Labute approximate surface area is 198 Å². The molecule has 0 saturated heterocycles. The Morgan fingerprint density at radius 3 is 2.26 bits per heavy atom. The van der Waals surface area contributed by atoms with Gasteiger partial charge in [-0.2, -0.15) is 0 Å². The van der Waals surface area contributed by atoms with E-state index in [9.17, 15) is 19.7 Å². The Kier molecular flexibility index (Phi) is 9.66. The number of nitrogens with one attached hydrogen (secondary N) is 1. The smallest absolute Gasteiger partial charge is 0.311 e. The Bertz CT molecular complexity index is 995. The third-order valence-corrected chi connectivity index (χ3v) is 5.39. The van der Waals surface area contributed by atoms with Gasteiger partial charge < -0.3 is 24.4 Å². The predicted molar refractivity (Wildman–Crippen MR) is 126 cm³/mol. The first-order valence-corrected chi connectivity index (χ1v) is 10.9. The largest absolute Gasteiger partial charge is 0.497 e. The van der Waals surface area contributed by atoms with Crippen LogP contribution in [0.4, 0.5) is 5.69 Å². The van der Waals surface area contributed by atoms with E-state index >= 15 is 0 Å². The third kappa shape index (κ3) is 7.09. The Balaban J connectivity index is 2.20. The zero-order valence-corrected chi connectivity index (χ0v) is 20.1. The Morgan fingerprint density at radius 2 is 1.71 bits per heavy atom. The van der Waals surface area contributed by atoms with Crippen molar-refractivity contribution in [3.05, 3.63) is 58.1 Å². The van der Waals surface area contributed by atoms with Gasteiger partial charge in [-0.25, -0.2) is 0 Å². The number of ether oxygens (including phenoxy) is 3. The highest BCUT2D eigenvalue weighted by Crippen LogP contribution is 2.30. The summed E-state index contributed by atoms with van der Waals surface area (Å²) < 4.78 is 15.8. The molecule has 2 amide bonds. The van der Waals surface area contributed by atoms with Gasteiger partial charge in [-0.3, -0.25) is 19.7 Å². The van der Waals surface area contributed by atoms with Gasteiger partial charge in [-0.1, -0.05) is 19.1 Å². The second-order valence-corrected chi connectivity index (χ2v) is 7.74. The summed E-state index contributed by atoms with van der Waals surface area (Å²) in [6, 6.07) is 10.4. The van der Waals surface area contributed by atoms with Gasteiger partial charge in [0, 0.05) is 24.7 Å². The van der Waals surface area contributed by atoms with Crippen LogP contribution in [0.2, 0.25) is 0 Å². The summed E-state index contributed by atoms with van der Waals surface area (Å²) in [6.45, 7) is 5.34. The number of methoxy groups -OCH3 is 2. The fraction of sp³-hybridized carbons (Fsp3) is 0.417. The quantitative estimate of drug-likeness (QED) is 0.371. The van der Waals surface area contributed by atoms with E-state index in [1.54, 1.807) is 26.2 Å². The summed E-state index contributed by atoms with van der Waals surface area (Å²) in [4.78, 5) is 37.8. The van der Waals surface area contributed by atoms with Crippen LogP contribution in [0.1, 0.15) is 32.8 Å². The molecule has 2 aromatic rings. The summed E-state index contributed by atoms with van der Waals surface area (Å²) in [5.74, 6) is 0.246. The first-order valence-electron chi connectivity index (χ1n) is 10.9. The van der Waals surface area contributed by atoms with Crippen molar-refractivity contribution in [2.24, 2.45) is 0 Å². The minimum absolute atomic E-state index is 0.0198. The fourth-order valence-corrected chi connectivity index (χ4v) is 3.10. The van der Waals surface area contributed by atoms with Gasteiger partial charge in [-0.05, 0) is 44.0 Å². The SMILES string of the molecule is CCC(C)NC(=O)C(C)N(Cc1ccc(OC)cc1)C(=O)COc1ccc([N+](=O)[O-])c(OC)c1. The molecule has 184 valence electrons. The number of nitro groups is 1. The number of amides is 2. The maximum Gasteiger partial charge on any atom is 0.311 e. The van der Waals surface area contributed by atoms with E-state index < -0.39 is 16.9 Å². The molecule has 0 aromatic heterocycles. The van der Waals surface area contributed by atoms with Gasteiger partial charge in [0.1, 0.15) is 17.5 Å². The lowest BCUT2D eigenvalue weighted by Gasteiger charge is -2.29. The summed E-state index contributed by atoms with van der Waals surface area (Å²) in [6.07, 6.45) is 0.760. The van der Waals surface area contributed by atoms with Crippen LogP contribution in [-0.2, 0) is 16.1 Å². The summed E-state index contributed by atoms with van der Waals surface area (Å²) in [7, 11) is 2.88. The molecule has 0 spiro atoms. The lowest BCUT2D eigenvalue weighted by molar-refractivity contribution is -0.385. The minimum Gasteiger partial charge on any atom is -0.497 e. The normalized spacial score (nSPS) is 12.3. The highest BCUT2D eigenvalue weighted by molar-refractivity contribution is 5.88. The number of carbonyl (C=O) groups excluding carboxylic acids is 2. The number of rotatable bonds is 12. The molecule has 2 unspecified atom stereocenters. The fourth-order valence-electron chi connectivity index (χ4n) is 3.10. The van der Waals surface area contributed by atoms with E-state index in [-0.39, 0.29) is 42.3 Å². The van der Waals surface area contributed by atoms with Crippen LogP contribution in [0.15, 0.2) is 42.5 Å². The van der Waals surface area contributed by atoms with E-state index in [0.29, 0.717) is 5.75 Å². The van der Waals surface area contributed by atoms with E-state index in [1.807, 2.05) is 26.0 Å². The molecule has 0 heterocycles. The van der Waals surface area contributed by atoms with E-state index in [4.69, 9.17) is 14.2 Å². The molecule has 0 aliphatic heterocycles. The average Bonchev–Trinajstić information content (AvgIpc) is 2.85. The van der Waals surface area contributed by atoms with Crippen molar-refractivity contribution < 1.29 is 28.7 Å². The van der Waals surface area contributed by atoms with E-state index in [1.165, 1.54) is 30.2 Å². The number of nitrogens with zero attached hydrogens (tertiary/aromatic N) is 2. The van der Waals surface area contributed by atoms with E-state index in [0.717, 1.165) is 12.0 Å². The lowest BCUT2D eigenvalue weighted by atomic mass is 10.1.